The molecule has 113 heavy (non-hydrogen) atoms. The van der Waals surface area contributed by atoms with Crippen LogP contribution in [-0.4, -0.2) is 179 Å². The van der Waals surface area contributed by atoms with E-state index in [0.717, 1.165) is 63.9 Å². The van der Waals surface area contributed by atoms with Crippen molar-refractivity contribution < 1.29 is 0 Å². The van der Waals surface area contributed by atoms with Crippen molar-refractivity contribution in [1.82, 2.24) is 67.9 Å². The van der Waals surface area contributed by atoms with Gasteiger partial charge >= 0.3 is 0 Å². The lowest BCUT2D eigenvalue weighted by atomic mass is 10.1. The highest BCUT2D eigenvalue weighted by atomic mass is 35.5. The first-order valence-electron chi connectivity index (χ1n) is 34.9. The largest absolute Gasteiger partial charge is 0.370 e. The summed E-state index contributed by atoms with van der Waals surface area (Å²) in [6, 6.07) is 34.9. The smallest absolute Gasteiger partial charge is 0.204 e. The standard InChI is InChI=1S/C14H19Cl2N5.C13H17Cl2N5.C12H14Cl3N5.C12H15Cl2N5.C11H14ClN5.C10H12ClN5/c1-9-18-13(20-14(19-9)21(2)3)17-7-6-10-4-5-11(15)12(16)8-10;1-8-17-12(19-13(18-8)20(2)3)16-7-9-4-5-10(14)11(15)6-9;1-6-18-11(16)20-12(19-6)17-3-2-7-4-9(14)10(15)5-8(7)13;1-7-15-11(18-12(16-7)19(2)3)17-8-4-5-9(13)10(14)6-8;1-7-15-10(13)17-11(16-7)14-6-8-4-2-3-5-9(8)12;1-6-13-9(12)16-10(14-6)15-8-5-3-2-4-7(8)11/h4-5,8-9H,6-7H2,1-3H3,(H2,17,18,19,20);4-6,8H,7H2,1-3H3,(H2,16,17,18,19);4-6H,2-3H2,1H3,(H4,16,17,18,19,20);4-7H,1-3H3,(H2,15,16,17,18);2-5,7H,6H2,1H3,(H4,13,14,15,16,17);2-6H,1H3,(H4,12,13,14,15,16). The molecule has 6 heterocycles. The van der Waals surface area contributed by atoms with Crippen LogP contribution in [0, 0.1) is 0 Å². The van der Waals surface area contributed by atoms with Crippen molar-refractivity contribution in [2.24, 2.45) is 77.1 Å². The van der Waals surface area contributed by atoms with Crippen molar-refractivity contribution in [2.75, 3.05) is 66.0 Å². The minimum absolute atomic E-state index is 0.00683. The van der Waals surface area contributed by atoms with E-state index < -0.39 is 0 Å². The van der Waals surface area contributed by atoms with Crippen LogP contribution in [-0.2, 0) is 25.9 Å². The number of anilines is 2. The highest BCUT2D eigenvalue weighted by molar-refractivity contribution is 6.44. The van der Waals surface area contributed by atoms with Crippen LogP contribution in [0.3, 0.4) is 0 Å². The lowest BCUT2D eigenvalue weighted by Gasteiger charge is -2.26. The van der Waals surface area contributed by atoms with Crippen molar-refractivity contribution >= 4 is 210 Å². The molecule has 6 unspecified atom stereocenters. The van der Waals surface area contributed by atoms with Gasteiger partial charge < -0.3 is 63.8 Å². The Hall–Kier alpha value is -9.05. The van der Waals surface area contributed by atoms with E-state index in [2.05, 4.69) is 124 Å². The van der Waals surface area contributed by atoms with E-state index in [4.69, 9.17) is 145 Å². The Morgan fingerprint density at radius 3 is 1.30 bits per heavy atom. The van der Waals surface area contributed by atoms with Gasteiger partial charge in [-0.1, -0.05) is 170 Å². The number of nitrogens with one attached hydrogen (secondary N) is 12. The van der Waals surface area contributed by atoms with Gasteiger partial charge in [0.25, 0.3) is 0 Å². The molecule has 0 bridgehead atoms. The summed E-state index contributed by atoms with van der Waals surface area (Å²) in [6.07, 6.45) is 0.953. The molecule has 41 heteroatoms. The Balaban J connectivity index is 0.000000188. The zero-order chi connectivity index (χ0) is 82.6. The summed E-state index contributed by atoms with van der Waals surface area (Å²) >= 11 is 65.6. The van der Waals surface area contributed by atoms with Crippen LogP contribution < -0.4 is 81.0 Å². The Morgan fingerprint density at radius 2 is 0.770 bits per heavy atom. The van der Waals surface area contributed by atoms with Crippen LogP contribution in [0.1, 0.15) is 63.8 Å². The van der Waals surface area contributed by atoms with Gasteiger partial charge in [0.2, 0.25) is 29.8 Å². The molecule has 0 aliphatic carbocycles. The minimum Gasteiger partial charge on any atom is -0.370 e. The molecule has 6 aromatic rings. The summed E-state index contributed by atoms with van der Waals surface area (Å²) in [4.78, 5) is 57.4. The molecule has 6 atom stereocenters. The molecule has 0 fully saturated rings. The van der Waals surface area contributed by atoms with Crippen LogP contribution in [0.15, 0.2) is 175 Å². The van der Waals surface area contributed by atoms with E-state index >= 15 is 0 Å². The molecule has 606 valence electrons. The summed E-state index contributed by atoms with van der Waals surface area (Å²) in [5.41, 5.74) is 22.4. The van der Waals surface area contributed by atoms with Gasteiger partial charge in [0.1, 0.15) is 37.0 Å². The van der Waals surface area contributed by atoms with Crippen LogP contribution in [0.2, 0.25) is 55.2 Å². The Morgan fingerprint density at radius 1 is 0.345 bits per heavy atom. The first kappa shape index (κ1) is 91.1. The second kappa shape index (κ2) is 45.1. The number of hydrogen-bond donors (Lipinski definition) is 15. The van der Waals surface area contributed by atoms with Gasteiger partial charge in [0, 0.05) is 71.1 Å². The average molecular weight is 1770 g/mol. The van der Waals surface area contributed by atoms with E-state index in [0.29, 0.717) is 136 Å². The number of hydrogen-bond acceptors (Lipinski definition) is 22. The van der Waals surface area contributed by atoms with E-state index in [9.17, 15) is 0 Å². The molecule has 0 amide bonds. The lowest BCUT2D eigenvalue weighted by molar-refractivity contribution is 0.559. The van der Waals surface area contributed by atoms with E-state index in [1.54, 1.807) is 36.4 Å². The Labute approximate surface area is 713 Å². The van der Waals surface area contributed by atoms with Gasteiger partial charge in [-0.3, -0.25) is 41.9 Å². The first-order chi connectivity index (χ1) is 53.6. The van der Waals surface area contributed by atoms with Gasteiger partial charge in [-0.2, -0.15) is 0 Å². The van der Waals surface area contributed by atoms with Crippen LogP contribution >= 0.6 is 128 Å². The summed E-state index contributed by atoms with van der Waals surface area (Å²) in [6.45, 7) is 13.7. The number of nitrogens with two attached hydrogens (primary N) is 3. The molecule has 6 aliphatic heterocycles. The molecule has 12 rings (SSSR count). The molecular weight excluding hydrogens is 1670 g/mol. The zero-order valence-corrected chi connectivity index (χ0v) is 72.1. The summed E-state index contributed by atoms with van der Waals surface area (Å²) in [5, 5.41) is 42.7. The molecule has 6 aliphatic rings. The second-order valence-electron chi connectivity index (χ2n) is 25.4. The SMILES string of the molecule is CC1N=C(N(C)C)NC(=NCCc2ccc(Cl)c(Cl)c2)N1.CC1N=C(N(C)C)NC(=NCc2ccc(Cl)c(Cl)c2)N1.CC1N=C(N)NC(=NCCc2cc(Cl)c(Cl)cc2Cl)N1.CC1N=C(N)NC(=NCc2ccccc2Cl)N1.CC1N=C(N)NC(Nc2ccccc2Cl)=N1.CC1N=C(Nc2ccc(Cl)c(Cl)c2)NC(N(C)C)=N1. The Bertz CT molecular complexity index is 4630. The summed E-state index contributed by atoms with van der Waals surface area (Å²) < 4.78 is 0. The van der Waals surface area contributed by atoms with Crippen LogP contribution in [0.5, 0.6) is 0 Å². The monoisotopic (exact) mass is 1760 g/mol. The molecule has 0 spiro atoms. The number of nitrogens with zero attached hydrogens (tertiary/aromatic N) is 15. The van der Waals surface area contributed by atoms with Gasteiger partial charge in [-0.15, -0.1) is 0 Å². The maximum absolute atomic E-state index is 6.11. The van der Waals surface area contributed by atoms with Crippen LogP contribution in [0.25, 0.3) is 0 Å². The quantitative estimate of drug-likeness (QED) is 0.0506. The Kier molecular flexibility index (Phi) is 36.4. The molecule has 0 saturated carbocycles. The van der Waals surface area contributed by atoms with E-state index in [1.165, 1.54) is 0 Å². The molecule has 30 nitrogen and oxygen atoms in total. The predicted molar refractivity (Wildman–Crippen MR) is 477 cm³/mol. The highest BCUT2D eigenvalue weighted by Gasteiger charge is 2.21. The number of halogens is 11. The van der Waals surface area contributed by atoms with Gasteiger partial charge in [-0.05, 0) is 149 Å². The van der Waals surface area contributed by atoms with E-state index in [-0.39, 0.29) is 37.0 Å². The number of rotatable bonds is 12. The molecule has 18 N–H and O–H groups in total. The van der Waals surface area contributed by atoms with Crippen molar-refractivity contribution in [3.05, 3.63) is 193 Å². The van der Waals surface area contributed by atoms with Gasteiger partial charge in [-0.25, -0.2) is 49.9 Å². The fraction of sp³-hybridized carbons (Fsp3) is 0.333. The third kappa shape index (κ3) is 31.7. The summed E-state index contributed by atoms with van der Waals surface area (Å²) in [7, 11) is 11.6. The molecule has 0 aromatic heterocycles. The van der Waals surface area contributed by atoms with Crippen molar-refractivity contribution in [1.29, 1.82) is 0 Å². The number of aliphatic imine (C=N–C) groups is 12. The maximum atomic E-state index is 6.11. The molecule has 0 saturated heterocycles. The van der Waals surface area contributed by atoms with Gasteiger partial charge in [0.05, 0.1) is 64.0 Å². The fourth-order valence-electron chi connectivity index (χ4n) is 9.78. The second-order valence-corrected chi connectivity index (χ2v) is 29.9. The maximum Gasteiger partial charge on any atom is 0.204 e. The zero-order valence-electron chi connectivity index (χ0n) is 63.8. The third-order valence-corrected chi connectivity index (χ3v) is 19.1. The van der Waals surface area contributed by atoms with Crippen LogP contribution in [0.4, 0.5) is 11.4 Å². The topological polar surface area (TPSA) is 380 Å². The summed E-state index contributed by atoms with van der Waals surface area (Å²) in [5.74, 6) is 7.23. The van der Waals surface area contributed by atoms with E-state index in [1.807, 2.05) is 177 Å². The predicted octanol–water partition coefficient (Wildman–Crippen LogP) is 12.1. The first-order valence-corrected chi connectivity index (χ1v) is 39.0. The minimum atomic E-state index is -0.189. The average Bonchev–Trinajstić information content (AvgIpc) is 0.858. The third-order valence-electron chi connectivity index (χ3n) is 15.1. The van der Waals surface area contributed by atoms with Crippen molar-refractivity contribution in [3.63, 3.8) is 0 Å². The molecule has 6 aromatic carbocycles. The number of guanidine groups is 12. The molecule has 0 radical (unpaired) electrons. The van der Waals surface area contributed by atoms with Gasteiger partial charge in [0.15, 0.2) is 41.7 Å². The lowest BCUT2D eigenvalue weighted by Crippen LogP contribution is -2.53. The van der Waals surface area contributed by atoms with Crippen molar-refractivity contribution in [2.45, 2.75) is 104 Å². The number of benzene rings is 6. The van der Waals surface area contributed by atoms with Crippen molar-refractivity contribution in [3.8, 4) is 0 Å². The highest BCUT2D eigenvalue weighted by Crippen LogP contribution is 2.30. The molecular formula is C72H91Cl11N30. The normalized spacial score (nSPS) is 19.9. The fourth-order valence-corrected chi connectivity index (χ4v) is 11.8. The number of para-hydroxylation sites is 1.